The molecule has 0 aliphatic heterocycles. The molecule has 0 radical (unpaired) electrons. The van der Waals surface area contributed by atoms with Crippen LogP contribution in [0.5, 0.6) is 5.88 Å². The topological polar surface area (TPSA) is 229 Å². The van der Waals surface area contributed by atoms with Crippen LogP contribution < -0.4 is 13.8 Å². The molecule has 5 aromatic rings. The number of nitrogens with zero attached hydrogens (tertiary/aromatic N) is 6. The molecule has 0 atom stereocenters. The van der Waals surface area contributed by atoms with E-state index in [4.69, 9.17) is 4.74 Å². The van der Waals surface area contributed by atoms with Crippen LogP contribution in [0.4, 0.5) is 17.1 Å². The van der Waals surface area contributed by atoms with Crippen molar-refractivity contribution in [2.75, 3.05) is 30.6 Å². The van der Waals surface area contributed by atoms with Gasteiger partial charge in [-0.3, -0.25) is 24.5 Å². The number of hydrogen-bond acceptors (Lipinski definition) is 12. The molecule has 0 saturated heterocycles. The van der Waals surface area contributed by atoms with Gasteiger partial charge in [0.15, 0.2) is 15.4 Å². The summed E-state index contributed by atoms with van der Waals surface area (Å²) in [6.45, 7) is -0.959. The van der Waals surface area contributed by atoms with E-state index >= 15 is 0 Å². The number of anilines is 1. The van der Waals surface area contributed by atoms with Crippen molar-refractivity contribution in [2.24, 2.45) is 0 Å². The van der Waals surface area contributed by atoms with Crippen LogP contribution in [0.15, 0.2) is 101 Å². The summed E-state index contributed by atoms with van der Waals surface area (Å²) in [6.07, 6.45) is 3.30. The minimum Gasteiger partial charge on any atom is -0.478 e. The number of hydrogen-bond donors (Lipinski definition) is 2. The first-order chi connectivity index (χ1) is 22.9. The van der Waals surface area contributed by atoms with E-state index in [1.807, 2.05) is 0 Å². The highest BCUT2D eigenvalue weighted by Crippen LogP contribution is 2.33. The first kappa shape index (κ1) is 33.9. The molecule has 0 aliphatic carbocycles. The number of nitro benzene ring substituents is 2. The third-order valence-electron chi connectivity index (χ3n) is 6.94. The third kappa shape index (κ3) is 7.08. The zero-order chi connectivity index (χ0) is 34.5. The van der Waals surface area contributed by atoms with Gasteiger partial charge in [-0.1, -0.05) is 36.4 Å². The predicted molar refractivity (Wildman–Crippen MR) is 172 cm³/mol. The second kappa shape index (κ2) is 14.1. The Morgan fingerprint density at radius 1 is 0.896 bits per heavy atom. The van der Waals surface area contributed by atoms with Gasteiger partial charge in [0.2, 0.25) is 15.9 Å². The number of nitro groups is 2. The van der Waals surface area contributed by atoms with Crippen molar-refractivity contribution in [2.45, 2.75) is 16.2 Å². The number of rotatable bonds is 15. The predicted octanol–water partition coefficient (Wildman–Crippen LogP) is 3.15. The Morgan fingerprint density at radius 2 is 1.56 bits per heavy atom. The van der Waals surface area contributed by atoms with Gasteiger partial charge in [-0.2, -0.15) is 10.1 Å². The van der Waals surface area contributed by atoms with Gasteiger partial charge in [0.05, 0.1) is 41.5 Å². The molecule has 0 saturated carbocycles. The van der Waals surface area contributed by atoms with Gasteiger partial charge >= 0.3 is 0 Å². The van der Waals surface area contributed by atoms with E-state index in [0.717, 1.165) is 28.6 Å². The van der Waals surface area contributed by atoms with Crippen molar-refractivity contribution < 1.29 is 36.5 Å². The zero-order valence-electron chi connectivity index (χ0n) is 24.8. The second-order valence-electron chi connectivity index (χ2n) is 9.99. The minimum absolute atomic E-state index is 0.0428. The van der Waals surface area contributed by atoms with Crippen LogP contribution in [0.2, 0.25) is 0 Å². The monoisotopic (exact) mass is 697 g/mol. The fourth-order valence-corrected chi connectivity index (χ4v) is 7.61. The smallest absolute Gasteiger partial charge is 0.289 e. The number of benzene rings is 3. The van der Waals surface area contributed by atoms with E-state index < -0.39 is 57.7 Å². The average Bonchev–Trinajstić information content (AvgIpc) is 3.50. The third-order valence-corrected chi connectivity index (χ3v) is 10.3. The van der Waals surface area contributed by atoms with Gasteiger partial charge in [0.25, 0.3) is 21.4 Å². The summed E-state index contributed by atoms with van der Waals surface area (Å²) in [7, 11) is -8.61. The van der Waals surface area contributed by atoms with Gasteiger partial charge in [-0.05, 0) is 36.2 Å². The molecule has 19 heteroatoms. The molecule has 250 valence electrons. The van der Waals surface area contributed by atoms with Gasteiger partial charge in [0, 0.05) is 36.5 Å². The molecule has 5 rings (SSSR count). The summed E-state index contributed by atoms with van der Waals surface area (Å²) in [5, 5.41) is 36.8. The molecule has 17 nitrogen and oxygen atoms in total. The SMILES string of the molecule is O=[N+]([O-])c1ccccc1S(=O)(=O)NCCCOc1ccn2ncc(-c3cccc(N(CCO)S(=O)(=O)c4ccccc4[N+](=O)[O-])c3)c2n1. The molecular formula is C29H27N7O10S2. The molecule has 0 fully saturated rings. The van der Waals surface area contributed by atoms with Crippen molar-refractivity contribution in [1.82, 2.24) is 19.3 Å². The summed E-state index contributed by atoms with van der Waals surface area (Å²) >= 11 is 0. The lowest BCUT2D eigenvalue weighted by Gasteiger charge is -2.24. The van der Waals surface area contributed by atoms with Crippen LogP contribution >= 0.6 is 0 Å². The maximum atomic E-state index is 13.6. The van der Waals surface area contributed by atoms with E-state index in [0.29, 0.717) is 16.8 Å². The summed E-state index contributed by atoms with van der Waals surface area (Å²) < 4.78 is 62.8. The van der Waals surface area contributed by atoms with E-state index in [9.17, 15) is 42.2 Å². The molecule has 0 bridgehead atoms. The highest BCUT2D eigenvalue weighted by Gasteiger charge is 2.32. The average molecular weight is 698 g/mol. The molecule has 48 heavy (non-hydrogen) atoms. The van der Waals surface area contributed by atoms with Crippen molar-refractivity contribution in [3.63, 3.8) is 0 Å². The Hall–Kier alpha value is -5.50. The Kier molecular flexibility index (Phi) is 9.94. The molecule has 2 N–H and O–H groups in total. The standard InChI is InChI=1S/C29H27N7O10S2/c37-17-16-34(48(44,45)27-12-4-2-10-25(27)36(40)41)22-8-5-7-21(19-22)23-20-30-33-15-13-28(32-29(23)33)46-18-6-14-31-47(42,43)26-11-3-1-9-24(26)35(38)39/h1-5,7-13,15,19-20,31,37H,6,14,16-18H2. The Labute approximate surface area is 273 Å². The lowest BCUT2D eigenvalue weighted by Crippen LogP contribution is -2.34. The summed E-state index contributed by atoms with van der Waals surface area (Å²) in [6, 6.07) is 17.8. The quantitative estimate of drug-likeness (QED) is 0.0913. The largest absolute Gasteiger partial charge is 0.478 e. The molecule has 0 amide bonds. The number of aromatic nitrogens is 3. The molecule has 0 unspecified atom stereocenters. The maximum Gasteiger partial charge on any atom is 0.289 e. The van der Waals surface area contributed by atoms with E-state index in [1.165, 1.54) is 47.1 Å². The maximum absolute atomic E-state index is 13.6. The Bertz CT molecular complexity index is 2210. The summed E-state index contributed by atoms with van der Waals surface area (Å²) in [5.41, 5.74) is 0.327. The van der Waals surface area contributed by atoms with Crippen LogP contribution in [0.25, 0.3) is 16.8 Å². The summed E-state index contributed by atoms with van der Waals surface area (Å²) in [5.74, 6) is 0.183. The number of aliphatic hydroxyl groups excluding tert-OH is 1. The number of nitrogens with one attached hydrogen (secondary N) is 1. The highest BCUT2D eigenvalue weighted by molar-refractivity contribution is 7.93. The highest BCUT2D eigenvalue weighted by atomic mass is 32.2. The Balaban J connectivity index is 1.33. The molecular weight excluding hydrogens is 670 g/mol. The van der Waals surface area contributed by atoms with E-state index in [1.54, 1.807) is 24.4 Å². The van der Waals surface area contributed by atoms with Crippen LogP contribution in [0, 0.1) is 20.2 Å². The van der Waals surface area contributed by atoms with Crippen molar-refractivity contribution >= 4 is 42.8 Å². The van der Waals surface area contributed by atoms with Crippen molar-refractivity contribution in [3.05, 3.63) is 111 Å². The van der Waals surface area contributed by atoms with Crippen LogP contribution in [-0.2, 0) is 20.0 Å². The van der Waals surface area contributed by atoms with Crippen LogP contribution in [-0.4, -0.2) is 72.7 Å². The number of ether oxygens (including phenoxy) is 1. The van der Waals surface area contributed by atoms with Crippen LogP contribution in [0.1, 0.15) is 6.42 Å². The van der Waals surface area contributed by atoms with Crippen molar-refractivity contribution in [3.8, 4) is 17.0 Å². The molecule has 2 heterocycles. The van der Waals surface area contributed by atoms with Gasteiger partial charge in [-0.25, -0.2) is 26.1 Å². The first-order valence-electron chi connectivity index (χ1n) is 14.1. The fraction of sp³-hybridized carbons (Fsp3) is 0.172. The second-order valence-corrected chi connectivity index (χ2v) is 13.6. The summed E-state index contributed by atoms with van der Waals surface area (Å²) in [4.78, 5) is 24.7. The number of para-hydroxylation sites is 2. The van der Waals surface area contributed by atoms with Crippen LogP contribution in [0.3, 0.4) is 0 Å². The fourth-order valence-electron chi connectivity index (χ4n) is 4.76. The molecule has 0 spiro atoms. The first-order valence-corrected chi connectivity index (χ1v) is 17.0. The number of sulfonamides is 2. The lowest BCUT2D eigenvalue weighted by molar-refractivity contribution is -0.388. The minimum atomic E-state index is -4.47. The van der Waals surface area contributed by atoms with Crippen molar-refractivity contribution in [1.29, 1.82) is 0 Å². The lowest BCUT2D eigenvalue weighted by atomic mass is 10.1. The molecule has 0 aliphatic rings. The van der Waals surface area contributed by atoms with E-state index in [2.05, 4.69) is 14.8 Å². The molecule has 3 aromatic carbocycles. The number of aliphatic hydroxyl groups is 1. The van der Waals surface area contributed by atoms with Gasteiger partial charge in [-0.15, -0.1) is 0 Å². The van der Waals surface area contributed by atoms with Gasteiger partial charge < -0.3 is 9.84 Å². The Morgan fingerprint density at radius 3 is 2.25 bits per heavy atom. The normalized spacial score (nSPS) is 11.8. The zero-order valence-corrected chi connectivity index (χ0v) is 26.5. The molecule has 2 aromatic heterocycles. The number of fused-ring (bicyclic) bond motifs is 1. The van der Waals surface area contributed by atoms with Gasteiger partial charge in [0.1, 0.15) is 0 Å². The van der Waals surface area contributed by atoms with E-state index in [-0.39, 0.29) is 37.7 Å².